The standard InChI is InChI=1S/C28H35NO5/c1-17-9-8-12-21-25(31)19(3)18(2)24-22(15-20-10-6-5-7-11-20)29-26(32)28(21,24)34-23(30)13-14-27(4,33)16-17/h5-8,10-14,17,21-22,24-25,31,33H,9,15-16H2,1-4H3,(H,29,32)/b12-8+,14-13+/t17-,21-,22-,24-,25+,27+,28+/m0/s1. The minimum absolute atomic E-state index is 0.139. The zero-order chi connectivity index (χ0) is 24.7. The van der Waals surface area contributed by atoms with Crippen molar-refractivity contribution < 1.29 is 24.5 Å². The summed E-state index contributed by atoms with van der Waals surface area (Å²) in [7, 11) is 0. The van der Waals surface area contributed by atoms with Crippen LogP contribution >= 0.6 is 0 Å². The van der Waals surface area contributed by atoms with E-state index in [-0.39, 0.29) is 12.0 Å². The third kappa shape index (κ3) is 4.37. The van der Waals surface area contributed by atoms with Gasteiger partial charge in [-0.3, -0.25) is 4.79 Å². The third-order valence-electron chi connectivity index (χ3n) is 7.69. The van der Waals surface area contributed by atoms with E-state index in [0.29, 0.717) is 19.3 Å². The van der Waals surface area contributed by atoms with Gasteiger partial charge in [0.2, 0.25) is 5.60 Å². The monoisotopic (exact) mass is 465 g/mol. The zero-order valence-corrected chi connectivity index (χ0v) is 20.3. The van der Waals surface area contributed by atoms with Gasteiger partial charge in [0.25, 0.3) is 5.91 Å². The SMILES string of the molecule is CC1=C(C)[C@H]2[C@H](Cc3ccccc3)NC(=O)[C@]23OC(=O)/C=C/[C@@](C)(O)C[C@@H](C)C/C=C/[C@H]3[C@@H]1O. The molecule has 0 unspecified atom stereocenters. The van der Waals surface area contributed by atoms with Crippen LogP contribution in [0.15, 0.2) is 65.8 Å². The molecule has 1 amide bonds. The molecule has 7 atom stereocenters. The van der Waals surface area contributed by atoms with Crippen LogP contribution in [-0.4, -0.2) is 45.4 Å². The minimum Gasteiger partial charge on any atom is -0.444 e. The van der Waals surface area contributed by atoms with Gasteiger partial charge in [0, 0.05) is 12.1 Å². The van der Waals surface area contributed by atoms with Crippen molar-refractivity contribution in [2.45, 2.75) is 70.3 Å². The summed E-state index contributed by atoms with van der Waals surface area (Å²) < 4.78 is 6.03. The molecule has 1 saturated heterocycles. The summed E-state index contributed by atoms with van der Waals surface area (Å²) in [5, 5.41) is 25.1. The van der Waals surface area contributed by atoms with E-state index in [4.69, 9.17) is 4.74 Å². The maximum Gasteiger partial charge on any atom is 0.331 e. The first-order valence-electron chi connectivity index (χ1n) is 12.1. The van der Waals surface area contributed by atoms with Gasteiger partial charge in [-0.1, -0.05) is 55.0 Å². The van der Waals surface area contributed by atoms with Crippen molar-refractivity contribution in [1.29, 1.82) is 0 Å². The highest BCUT2D eigenvalue weighted by molar-refractivity contribution is 5.94. The maximum atomic E-state index is 13.7. The Balaban J connectivity index is 1.83. The Hall–Kier alpha value is -2.70. The van der Waals surface area contributed by atoms with E-state index in [1.54, 1.807) is 6.92 Å². The van der Waals surface area contributed by atoms with Crippen LogP contribution in [0.2, 0.25) is 0 Å². The first-order chi connectivity index (χ1) is 16.0. The van der Waals surface area contributed by atoms with E-state index >= 15 is 0 Å². The van der Waals surface area contributed by atoms with Crippen molar-refractivity contribution >= 4 is 11.9 Å². The first kappa shape index (κ1) is 24.4. The molecule has 3 aliphatic rings. The minimum atomic E-state index is -1.57. The highest BCUT2D eigenvalue weighted by Gasteiger charge is 2.66. The van der Waals surface area contributed by atoms with Crippen LogP contribution in [0, 0.1) is 17.8 Å². The molecular weight excluding hydrogens is 430 g/mol. The predicted molar refractivity (Wildman–Crippen MR) is 130 cm³/mol. The van der Waals surface area contributed by atoms with Crippen LogP contribution in [0.5, 0.6) is 0 Å². The van der Waals surface area contributed by atoms with Crippen molar-refractivity contribution in [1.82, 2.24) is 5.32 Å². The summed E-state index contributed by atoms with van der Waals surface area (Å²) >= 11 is 0. The molecule has 3 N–H and O–H groups in total. The van der Waals surface area contributed by atoms with E-state index in [1.807, 2.05) is 63.3 Å². The Bertz CT molecular complexity index is 1040. The van der Waals surface area contributed by atoms with Gasteiger partial charge in [0.1, 0.15) is 0 Å². The van der Waals surface area contributed by atoms with Crippen LogP contribution in [0.1, 0.15) is 46.1 Å². The number of aliphatic hydroxyl groups is 2. The van der Waals surface area contributed by atoms with Gasteiger partial charge < -0.3 is 20.3 Å². The van der Waals surface area contributed by atoms with E-state index in [9.17, 15) is 19.8 Å². The van der Waals surface area contributed by atoms with Crippen molar-refractivity contribution in [3.05, 3.63) is 71.3 Å². The summed E-state index contributed by atoms with van der Waals surface area (Å²) in [6.45, 7) is 7.49. The van der Waals surface area contributed by atoms with Crippen molar-refractivity contribution in [2.75, 3.05) is 0 Å². The van der Waals surface area contributed by atoms with Gasteiger partial charge in [-0.2, -0.15) is 0 Å². The molecule has 6 heteroatoms. The molecule has 0 saturated carbocycles. The fourth-order valence-corrected chi connectivity index (χ4v) is 5.99. The molecule has 0 aromatic heterocycles. The summed E-state index contributed by atoms with van der Waals surface area (Å²) in [5.74, 6) is -2.10. The second-order valence-electron chi connectivity index (χ2n) is 10.5. The molecule has 1 aliphatic carbocycles. The Morgan fingerprint density at radius 2 is 1.85 bits per heavy atom. The number of carbonyl (C=O) groups is 2. The second-order valence-corrected chi connectivity index (χ2v) is 10.5. The fraction of sp³-hybridized carbons (Fsp3) is 0.500. The number of amides is 1. The molecule has 6 nitrogen and oxygen atoms in total. The van der Waals surface area contributed by atoms with E-state index in [0.717, 1.165) is 16.7 Å². The summed E-state index contributed by atoms with van der Waals surface area (Å²) in [6, 6.07) is 9.59. The number of hydrogen-bond donors (Lipinski definition) is 3. The van der Waals surface area contributed by atoms with E-state index < -0.39 is 41.0 Å². The maximum absolute atomic E-state index is 13.7. The lowest BCUT2D eigenvalue weighted by Gasteiger charge is -2.46. The number of hydrogen-bond acceptors (Lipinski definition) is 5. The van der Waals surface area contributed by atoms with Crippen molar-refractivity contribution in [3.63, 3.8) is 0 Å². The van der Waals surface area contributed by atoms with E-state index in [2.05, 4.69) is 5.32 Å². The largest absolute Gasteiger partial charge is 0.444 e. The molecular formula is C28H35NO5. The number of allylic oxidation sites excluding steroid dienone is 1. The number of ether oxygens (including phenoxy) is 1. The van der Waals surface area contributed by atoms with Gasteiger partial charge in [0.15, 0.2) is 0 Å². The average molecular weight is 466 g/mol. The Kier molecular flexibility index (Phi) is 6.58. The number of esters is 1. The number of aliphatic hydroxyl groups excluding tert-OH is 1. The molecule has 182 valence electrons. The first-order valence-corrected chi connectivity index (χ1v) is 12.1. The third-order valence-corrected chi connectivity index (χ3v) is 7.69. The number of rotatable bonds is 2. The molecule has 1 fully saturated rings. The Morgan fingerprint density at radius 3 is 2.56 bits per heavy atom. The smallest absolute Gasteiger partial charge is 0.331 e. The van der Waals surface area contributed by atoms with Crippen LogP contribution in [-0.2, 0) is 20.7 Å². The molecule has 1 aromatic rings. The van der Waals surface area contributed by atoms with Gasteiger partial charge in [-0.05, 0) is 63.2 Å². The lowest BCUT2D eigenvalue weighted by atomic mass is 9.63. The molecule has 2 aliphatic heterocycles. The Labute approximate surface area is 201 Å². The van der Waals surface area contributed by atoms with Crippen molar-refractivity contribution in [2.24, 2.45) is 17.8 Å². The van der Waals surface area contributed by atoms with Gasteiger partial charge >= 0.3 is 5.97 Å². The molecule has 1 spiro atoms. The molecule has 4 rings (SSSR count). The molecule has 34 heavy (non-hydrogen) atoms. The second kappa shape index (κ2) is 9.16. The topological polar surface area (TPSA) is 95.9 Å². The average Bonchev–Trinajstić information content (AvgIpc) is 3.04. The van der Waals surface area contributed by atoms with Crippen LogP contribution in [0.4, 0.5) is 0 Å². The lowest BCUT2D eigenvalue weighted by molar-refractivity contribution is -0.175. The zero-order valence-electron chi connectivity index (χ0n) is 20.3. The number of benzene rings is 1. The molecule has 0 radical (unpaired) electrons. The molecule has 1 aromatic carbocycles. The summed E-state index contributed by atoms with van der Waals surface area (Å²) in [5.41, 5.74) is -0.0129. The van der Waals surface area contributed by atoms with E-state index in [1.165, 1.54) is 12.2 Å². The van der Waals surface area contributed by atoms with Crippen LogP contribution < -0.4 is 5.32 Å². The normalized spacial score (nSPS) is 40.2. The quantitative estimate of drug-likeness (QED) is 0.460. The van der Waals surface area contributed by atoms with Crippen LogP contribution in [0.25, 0.3) is 0 Å². The number of carbonyl (C=O) groups excluding carboxylic acids is 2. The Morgan fingerprint density at radius 1 is 1.15 bits per heavy atom. The lowest BCUT2D eigenvalue weighted by Crippen LogP contribution is -2.59. The van der Waals surface area contributed by atoms with Crippen molar-refractivity contribution in [3.8, 4) is 0 Å². The fourth-order valence-electron chi connectivity index (χ4n) is 5.99. The highest BCUT2D eigenvalue weighted by atomic mass is 16.6. The highest BCUT2D eigenvalue weighted by Crippen LogP contribution is 2.50. The van der Waals surface area contributed by atoms with Gasteiger partial charge in [0.05, 0.1) is 23.5 Å². The molecule has 0 bridgehead atoms. The summed E-state index contributed by atoms with van der Waals surface area (Å²) in [6.07, 6.45) is 7.20. The predicted octanol–water partition coefficient (Wildman–Crippen LogP) is 3.25. The van der Waals surface area contributed by atoms with Gasteiger partial charge in [-0.25, -0.2) is 4.79 Å². The van der Waals surface area contributed by atoms with Crippen LogP contribution in [0.3, 0.4) is 0 Å². The number of nitrogens with one attached hydrogen (secondary N) is 1. The molecule has 2 heterocycles. The summed E-state index contributed by atoms with van der Waals surface area (Å²) in [4.78, 5) is 26.7. The van der Waals surface area contributed by atoms with Gasteiger partial charge in [-0.15, -0.1) is 0 Å².